The van der Waals surface area contributed by atoms with Crippen molar-refractivity contribution in [3.8, 4) is 0 Å². The summed E-state index contributed by atoms with van der Waals surface area (Å²) < 4.78 is 5.43. The molecule has 1 aromatic heterocycles. The van der Waals surface area contributed by atoms with Crippen molar-refractivity contribution in [2.24, 2.45) is 5.92 Å². The highest BCUT2D eigenvalue weighted by Crippen LogP contribution is 2.17. The first-order valence-corrected chi connectivity index (χ1v) is 8.83. The predicted octanol–water partition coefficient (Wildman–Crippen LogP) is 2.24. The maximum absolute atomic E-state index is 12.4. The van der Waals surface area contributed by atoms with Crippen LogP contribution in [0.2, 0.25) is 0 Å². The summed E-state index contributed by atoms with van der Waals surface area (Å²) in [4.78, 5) is 19.9. The second kappa shape index (κ2) is 8.04. The van der Waals surface area contributed by atoms with Crippen molar-refractivity contribution < 1.29 is 9.53 Å². The molecular weight excluding hydrogens is 298 g/mol. The largest absolute Gasteiger partial charge is 0.379 e. The second-order valence-corrected chi connectivity index (χ2v) is 7.49. The summed E-state index contributed by atoms with van der Waals surface area (Å²) in [6, 6.07) is 0.377. The van der Waals surface area contributed by atoms with Crippen LogP contribution in [0.4, 0.5) is 0 Å². The van der Waals surface area contributed by atoms with Gasteiger partial charge in [-0.3, -0.25) is 9.69 Å². The molecule has 2 rings (SSSR count). The van der Waals surface area contributed by atoms with E-state index in [9.17, 15) is 4.79 Å². The van der Waals surface area contributed by atoms with Crippen LogP contribution in [-0.2, 0) is 4.74 Å². The molecule has 0 aliphatic carbocycles. The number of nitrogens with one attached hydrogen (secondary N) is 1. The lowest BCUT2D eigenvalue weighted by molar-refractivity contribution is 0.0125. The number of nitrogens with zero attached hydrogens (tertiary/aromatic N) is 2. The summed E-state index contributed by atoms with van der Waals surface area (Å²) >= 11 is 1.47. The molecule has 124 valence electrons. The van der Waals surface area contributed by atoms with Crippen LogP contribution in [0.15, 0.2) is 0 Å². The molecule has 22 heavy (non-hydrogen) atoms. The van der Waals surface area contributed by atoms with Gasteiger partial charge in [-0.25, -0.2) is 4.98 Å². The fraction of sp³-hybridized carbons (Fsp3) is 0.750. The van der Waals surface area contributed by atoms with Gasteiger partial charge in [-0.1, -0.05) is 13.8 Å². The van der Waals surface area contributed by atoms with Crippen LogP contribution in [0.1, 0.15) is 40.6 Å². The second-order valence-electron chi connectivity index (χ2n) is 6.29. The molecule has 0 aromatic carbocycles. The van der Waals surface area contributed by atoms with Gasteiger partial charge in [0, 0.05) is 25.7 Å². The zero-order valence-electron chi connectivity index (χ0n) is 14.0. The number of amides is 1. The number of rotatable bonds is 6. The number of hydrogen-bond acceptors (Lipinski definition) is 5. The van der Waals surface area contributed by atoms with Crippen molar-refractivity contribution in [3.05, 3.63) is 15.6 Å². The highest BCUT2D eigenvalue weighted by atomic mass is 32.1. The van der Waals surface area contributed by atoms with Gasteiger partial charge in [0.25, 0.3) is 5.91 Å². The zero-order chi connectivity index (χ0) is 16.1. The number of carbonyl (C=O) groups excluding carboxylic acids is 1. The zero-order valence-corrected chi connectivity index (χ0v) is 14.8. The van der Waals surface area contributed by atoms with E-state index in [-0.39, 0.29) is 5.91 Å². The Morgan fingerprint density at radius 1 is 1.36 bits per heavy atom. The van der Waals surface area contributed by atoms with E-state index in [2.05, 4.69) is 29.0 Å². The molecule has 1 saturated heterocycles. The molecule has 1 amide bonds. The van der Waals surface area contributed by atoms with Crippen molar-refractivity contribution in [2.75, 3.05) is 32.8 Å². The maximum atomic E-state index is 12.4. The van der Waals surface area contributed by atoms with Crippen LogP contribution < -0.4 is 5.32 Å². The Labute approximate surface area is 137 Å². The number of carbonyl (C=O) groups is 1. The summed E-state index contributed by atoms with van der Waals surface area (Å²) in [7, 11) is 0. The van der Waals surface area contributed by atoms with Crippen molar-refractivity contribution in [1.29, 1.82) is 0 Å². The number of hydrogen-bond donors (Lipinski definition) is 1. The minimum Gasteiger partial charge on any atom is -0.379 e. The molecule has 0 saturated carbocycles. The lowest BCUT2D eigenvalue weighted by Crippen LogP contribution is -2.49. The SMILES string of the molecule is Cc1nc(C)c(C(=O)NCC(CC(C)C)N2CCOCC2)s1. The molecule has 0 spiro atoms. The fourth-order valence-electron chi connectivity index (χ4n) is 2.88. The van der Waals surface area contributed by atoms with E-state index in [4.69, 9.17) is 4.74 Å². The summed E-state index contributed by atoms with van der Waals surface area (Å²) in [5, 5.41) is 4.04. The number of thiazole rings is 1. The van der Waals surface area contributed by atoms with E-state index >= 15 is 0 Å². The molecule has 1 aliphatic rings. The Morgan fingerprint density at radius 3 is 2.59 bits per heavy atom. The predicted molar refractivity (Wildman–Crippen MR) is 89.6 cm³/mol. The third kappa shape index (κ3) is 4.76. The van der Waals surface area contributed by atoms with Crippen LogP contribution in [0.3, 0.4) is 0 Å². The van der Waals surface area contributed by atoms with E-state index in [0.717, 1.165) is 48.3 Å². The topological polar surface area (TPSA) is 54.5 Å². The standard InChI is InChI=1S/C16H27N3O2S/c1-11(2)9-14(19-5-7-21-8-6-19)10-17-16(20)15-12(3)18-13(4)22-15/h11,14H,5-10H2,1-4H3,(H,17,20). The van der Waals surface area contributed by atoms with Gasteiger partial charge in [-0.15, -0.1) is 11.3 Å². The molecule has 1 aromatic rings. The molecule has 5 nitrogen and oxygen atoms in total. The van der Waals surface area contributed by atoms with Crippen LogP contribution in [0.25, 0.3) is 0 Å². The van der Waals surface area contributed by atoms with Crippen molar-refractivity contribution in [3.63, 3.8) is 0 Å². The monoisotopic (exact) mass is 325 g/mol. The first-order chi connectivity index (χ1) is 10.5. The van der Waals surface area contributed by atoms with E-state index in [1.165, 1.54) is 11.3 Å². The van der Waals surface area contributed by atoms with Gasteiger partial charge >= 0.3 is 0 Å². The van der Waals surface area contributed by atoms with E-state index < -0.39 is 0 Å². The average Bonchev–Trinajstić information content (AvgIpc) is 2.82. The van der Waals surface area contributed by atoms with E-state index in [0.29, 0.717) is 18.5 Å². The summed E-state index contributed by atoms with van der Waals surface area (Å²) in [6.45, 7) is 12.4. The Bertz CT molecular complexity index is 496. The molecular formula is C16H27N3O2S. The van der Waals surface area contributed by atoms with Crippen molar-refractivity contribution in [2.45, 2.75) is 40.2 Å². The lowest BCUT2D eigenvalue weighted by Gasteiger charge is -2.35. The molecule has 1 atom stereocenters. The highest BCUT2D eigenvalue weighted by Gasteiger charge is 2.23. The quantitative estimate of drug-likeness (QED) is 0.871. The van der Waals surface area contributed by atoms with Crippen LogP contribution in [0.5, 0.6) is 0 Å². The molecule has 6 heteroatoms. The summed E-state index contributed by atoms with van der Waals surface area (Å²) in [5.74, 6) is 0.613. The number of aryl methyl sites for hydroxylation is 2. The average molecular weight is 325 g/mol. The molecule has 0 radical (unpaired) electrons. The van der Waals surface area contributed by atoms with E-state index in [1.807, 2.05) is 13.8 Å². The van der Waals surface area contributed by atoms with Crippen LogP contribution in [-0.4, -0.2) is 54.7 Å². The molecule has 1 aliphatic heterocycles. The number of aromatic nitrogens is 1. The first-order valence-electron chi connectivity index (χ1n) is 8.01. The summed E-state index contributed by atoms with van der Waals surface area (Å²) in [6.07, 6.45) is 1.08. The van der Waals surface area contributed by atoms with Gasteiger partial charge in [0.2, 0.25) is 0 Å². The van der Waals surface area contributed by atoms with E-state index in [1.54, 1.807) is 0 Å². The molecule has 0 bridgehead atoms. The highest BCUT2D eigenvalue weighted by molar-refractivity contribution is 7.13. The third-order valence-electron chi connectivity index (χ3n) is 3.91. The normalized spacial score (nSPS) is 17.7. The molecule has 1 N–H and O–H groups in total. The summed E-state index contributed by atoms with van der Waals surface area (Å²) in [5.41, 5.74) is 0.826. The van der Waals surface area contributed by atoms with Gasteiger partial charge in [-0.05, 0) is 26.2 Å². The van der Waals surface area contributed by atoms with Gasteiger partial charge < -0.3 is 10.1 Å². The fourth-order valence-corrected chi connectivity index (χ4v) is 3.72. The third-order valence-corrected chi connectivity index (χ3v) is 4.99. The van der Waals surface area contributed by atoms with Gasteiger partial charge in [0.05, 0.1) is 23.9 Å². The molecule has 2 heterocycles. The van der Waals surface area contributed by atoms with Gasteiger partial charge in [0.15, 0.2) is 0 Å². The minimum atomic E-state index is 0.00474. The van der Waals surface area contributed by atoms with Crippen molar-refractivity contribution in [1.82, 2.24) is 15.2 Å². The first kappa shape index (κ1) is 17.4. The number of ether oxygens (including phenoxy) is 1. The van der Waals surface area contributed by atoms with Crippen LogP contribution in [0, 0.1) is 19.8 Å². The van der Waals surface area contributed by atoms with Gasteiger partial charge in [-0.2, -0.15) is 0 Å². The number of morpholine rings is 1. The maximum Gasteiger partial charge on any atom is 0.263 e. The molecule has 1 unspecified atom stereocenters. The smallest absolute Gasteiger partial charge is 0.263 e. The Kier molecular flexibility index (Phi) is 6.35. The van der Waals surface area contributed by atoms with Crippen LogP contribution >= 0.6 is 11.3 Å². The Morgan fingerprint density at radius 2 is 2.05 bits per heavy atom. The van der Waals surface area contributed by atoms with Gasteiger partial charge in [0.1, 0.15) is 4.88 Å². The van der Waals surface area contributed by atoms with Crippen molar-refractivity contribution >= 4 is 17.2 Å². The molecule has 1 fully saturated rings. The Balaban J connectivity index is 1.95. The Hall–Kier alpha value is -0.980. The minimum absolute atomic E-state index is 0.00474. The lowest BCUT2D eigenvalue weighted by atomic mass is 10.0.